The van der Waals surface area contributed by atoms with Crippen molar-refractivity contribution in [3.63, 3.8) is 0 Å². The highest BCUT2D eigenvalue weighted by atomic mass is 35.5. The molecular formula is C13H20ClO4P. The Morgan fingerprint density at radius 1 is 1.05 bits per heavy atom. The fourth-order valence-corrected chi connectivity index (χ4v) is 3.75. The van der Waals surface area contributed by atoms with Gasteiger partial charge in [-0.25, -0.2) is 0 Å². The van der Waals surface area contributed by atoms with E-state index in [4.69, 9.17) is 25.4 Å². The van der Waals surface area contributed by atoms with Gasteiger partial charge in [0.2, 0.25) is 0 Å². The third-order valence-corrected chi connectivity index (χ3v) is 4.89. The van der Waals surface area contributed by atoms with Crippen molar-refractivity contribution >= 4 is 19.2 Å². The number of hydrogen-bond acceptors (Lipinski definition) is 4. The van der Waals surface area contributed by atoms with Gasteiger partial charge >= 0.3 is 7.60 Å². The molecule has 0 aliphatic heterocycles. The highest BCUT2D eigenvalue weighted by molar-refractivity contribution is 7.54. The van der Waals surface area contributed by atoms with Crippen molar-refractivity contribution in [1.29, 1.82) is 0 Å². The maximum atomic E-state index is 12.8. The zero-order valence-corrected chi connectivity index (χ0v) is 13.1. The zero-order chi connectivity index (χ0) is 14.3. The molecule has 0 N–H and O–H groups in total. The molecule has 0 radical (unpaired) electrons. The molecule has 0 aromatic heterocycles. The van der Waals surface area contributed by atoms with Gasteiger partial charge in [0.25, 0.3) is 0 Å². The molecule has 4 nitrogen and oxygen atoms in total. The lowest BCUT2D eigenvalue weighted by Crippen LogP contribution is -2.10. The lowest BCUT2D eigenvalue weighted by atomic mass is 10.2. The molecule has 0 aliphatic rings. The summed E-state index contributed by atoms with van der Waals surface area (Å²) in [7, 11) is -3.35. The molecule has 0 aliphatic carbocycles. The van der Waals surface area contributed by atoms with Crippen LogP contribution < -0.4 is 0 Å². The lowest BCUT2D eigenvalue weighted by Gasteiger charge is -2.26. The van der Waals surface area contributed by atoms with Crippen LogP contribution in [0.2, 0.25) is 5.02 Å². The fourth-order valence-electron chi connectivity index (χ4n) is 1.69. The smallest absolute Gasteiger partial charge is 0.361 e. The van der Waals surface area contributed by atoms with Gasteiger partial charge in [-0.05, 0) is 38.5 Å². The Hall–Kier alpha value is -0.380. The van der Waals surface area contributed by atoms with Crippen molar-refractivity contribution in [2.45, 2.75) is 26.6 Å². The monoisotopic (exact) mass is 306 g/mol. The predicted molar refractivity (Wildman–Crippen MR) is 76.7 cm³/mol. The summed E-state index contributed by atoms with van der Waals surface area (Å²) < 4.78 is 29.1. The second-order valence-electron chi connectivity index (χ2n) is 3.73. The van der Waals surface area contributed by atoms with Crippen LogP contribution >= 0.6 is 19.2 Å². The van der Waals surface area contributed by atoms with Crippen molar-refractivity contribution in [2.75, 3.05) is 19.8 Å². The summed E-state index contributed by atoms with van der Waals surface area (Å²) >= 11 is 5.86. The molecule has 0 heterocycles. The maximum absolute atomic E-state index is 12.8. The Bertz CT molecular complexity index is 411. The van der Waals surface area contributed by atoms with Gasteiger partial charge in [-0.15, -0.1) is 0 Å². The van der Waals surface area contributed by atoms with Crippen molar-refractivity contribution in [3.8, 4) is 0 Å². The van der Waals surface area contributed by atoms with Crippen molar-refractivity contribution in [2.24, 2.45) is 0 Å². The van der Waals surface area contributed by atoms with Crippen LogP contribution in [-0.2, 0) is 18.3 Å². The molecule has 0 saturated carbocycles. The molecule has 0 saturated heterocycles. The summed E-state index contributed by atoms with van der Waals surface area (Å²) in [6.45, 7) is 6.40. The van der Waals surface area contributed by atoms with E-state index in [1.165, 1.54) is 0 Å². The average Bonchev–Trinajstić information content (AvgIpc) is 2.38. The van der Waals surface area contributed by atoms with E-state index in [-0.39, 0.29) is 0 Å². The molecule has 0 spiro atoms. The highest BCUT2D eigenvalue weighted by Crippen LogP contribution is 2.61. The van der Waals surface area contributed by atoms with Crippen LogP contribution in [0.3, 0.4) is 0 Å². The van der Waals surface area contributed by atoms with E-state index >= 15 is 0 Å². The molecular weight excluding hydrogens is 287 g/mol. The Kier molecular flexibility index (Phi) is 7.05. The van der Waals surface area contributed by atoms with Crippen LogP contribution in [0.25, 0.3) is 0 Å². The fraction of sp³-hybridized carbons (Fsp3) is 0.538. The first kappa shape index (κ1) is 16.7. The van der Waals surface area contributed by atoms with Gasteiger partial charge in [-0.1, -0.05) is 23.7 Å². The summed E-state index contributed by atoms with van der Waals surface area (Å²) in [4.78, 5) is 0. The molecule has 19 heavy (non-hydrogen) atoms. The number of hydrogen-bond donors (Lipinski definition) is 0. The Balaban J connectivity index is 3.09. The Morgan fingerprint density at radius 2 is 1.58 bits per heavy atom. The molecule has 1 rings (SSSR count). The van der Waals surface area contributed by atoms with E-state index in [1.54, 1.807) is 38.1 Å². The summed E-state index contributed by atoms with van der Waals surface area (Å²) in [5.41, 5.74) is 0.733. The minimum absolute atomic E-state index is 0.300. The number of ether oxygens (including phenoxy) is 1. The van der Waals surface area contributed by atoms with Crippen LogP contribution in [-0.4, -0.2) is 19.8 Å². The minimum atomic E-state index is -3.35. The molecule has 0 bridgehead atoms. The van der Waals surface area contributed by atoms with E-state index in [0.29, 0.717) is 24.8 Å². The number of rotatable bonds is 8. The van der Waals surface area contributed by atoms with Crippen molar-refractivity contribution in [1.82, 2.24) is 0 Å². The summed E-state index contributed by atoms with van der Waals surface area (Å²) in [5, 5.41) is 0.613. The van der Waals surface area contributed by atoms with E-state index in [1.807, 2.05) is 6.92 Å². The standard InChI is InChI=1S/C13H20ClO4P/c1-4-16-13(11-7-9-12(14)10-8-11)19(15,17-5-2)18-6-3/h7-10,13H,4-6H2,1-3H3. The second kappa shape index (κ2) is 8.03. The Morgan fingerprint density at radius 3 is 2.00 bits per heavy atom. The van der Waals surface area contributed by atoms with Gasteiger partial charge < -0.3 is 13.8 Å². The molecule has 0 fully saturated rings. The third-order valence-electron chi connectivity index (χ3n) is 2.38. The van der Waals surface area contributed by atoms with Crippen molar-refractivity contribution in [3.05, 3.63) is 34.9 Å². The average molecular weight is 307 g/mol. The highest BCUT2D eigenvalue weighted by Gasteiger charge is 2.37. The van der Waals surface area contributed by atoms with E-state index < -0.39 is 13.4 Å². The predicted octanol–water partition coefficient (Wildman–Crippen LogP) is 4.64. The first-order valence-electron chi connectivity index (χ1n) is 6.33. The summed E-state index contributed by atoms with van der Waals surface area (Å²) in [6.07, 6.45) is 0. The van der Waals surface area contributed by atoms with E-state index in [0.717, 1.165) is 5.56 Å². The van der Waals surface area contributed by atoms with Gasteiger partial charge in [0.05, 0.1) is 13.2 Å². The first-order valence-corrected chi connectivity index (χ1v) is 8.32. The van der Waals surface area contributed by atoms with Crippen LogP contribution in [0, 0.1) is 0 Å². The van der Waals surface area contributed by atoms with Gasteiger partial charge in [0.15, 0.2) is 5.85 Å². The van der Waals surface area contributed by atoms with Gasteiger partial charge in [-0.2, -0.15) is 0 Å². The molecule has 108 valence electrons. The first-order chi connectivity index (χ1) is 9.07. The summed E-state index contributed by atoms with van der Waals surface area (Å²) in [5.74, 6) is -0.727. The van der Waals surface area contributed by atoms with E-state index in [2.05, 4.69) is 0 Å². The van der Waals surface area contributed by atoms with Crippen molar-refractivity contribution < 1.29 is 18.3 Å². The van der Waals surface area contributed by atoms with Crippen LogP contribution in [0.5, 0.6) is 0 Å². The Labute approximate surface area is 119 Å². The second-order valence-corrected chi connectivity index (χ2v) is 6.24. The molecule has 6 heteroatoms. The zero-order valence-electron chi connectivity index (χ0n) is 11.5. The molecule has 1 aromatic rings. The topological polar surface area (TPSA) is 44.8 Å². The van der Waals surface area contributed by atoms with E-state index in [9.17, 15) is 4.57 Å². The molecule has 0 amide bonds. The van der Waals surface area contributed by atoms with Crippen LogP contribution in [0.1, 0.15) is 32.2 Å². The van der Waals surface area contributed by atoms with Gasteiger partial charge in [0, 0.05) is 11.6 Å². The quantitative estimate of drug-likeness (QED) is 0.656. The minimum Gasteiger partial charge on any atom is -0.361 e. The van der Waals surface area contributed by atoms with Gasteiger partial charge in [-0.3, -0.25) is 4.57 Å². The maximum Gasteiger partial charge on any atom is 0.363 e. The number of benzene rings is 1. The normalized spacial score (nSPS) is 13.5. The molecule has 1 aromatic carbocycles. The van der Waals surface area contributed by atoms with Gasteiger partial charge in [0.1, 0.15) is 0 Å². The summed E-state index contributed by atoms with van der Waals surface area (Å²) in [6, 6.07) is 7.00. The third kappa shape index (κ3) is 4.59. The molecule has 1 unspecified atom stereocenters. The SMILES string of the molecule is CCOC(c1ccc(Cl)cc1)P(=O)(OCC)OCC. The van der Waals surface area contributed by atoms with Crippen LogP contribution in [0.15, 0.2) is 24.3 Å². The lowest BCUT2D eigenvalue weighted by molar-refractivity contribution is 0.0783. The molecule has 1 atom stereocenters. The largest absolute Gasteiger partial charge is 0.363 e. The number of halogens is 1. The van der Waals surface area contributed by atoms with Crippen LogP contribution in [0.4, 0.5) is 0 Å².